The largest absolute Gasteiger partial charge is 0.524 e. The molecule has 0 heterocycles. The highest BCUT2D eigenvalue weighted by Gasteiger charge is 2.28. The number of aliphatic carboxylic acids is 1. The first-order valence-electron chi connectivity index (χ1n) is 11.9. The quantitative estimate of drug-likeness (QED) is 0.120. The van der Waals surface area contributed by atoms with E-state index in [0.717, 1.165) is 11.8 Å². The molecule has 2 rings (SSSR count). The van der Waals surface area contributed by atoms with E-state index in [2.05, 4.69) is 19.9 Å². The number of amides is 2. The molecular formula is C24H32N3O10PS. The fourth-order valence-electron chi connectivity index (χ4n) is 3.59. The predicted molar refractivity (Wildman–Crippen MR) is 141 cm³/mol. The van der Waals surface area contributed by atoms with Gasteiger partial charge in [0.25, 0.3) is 0 Å². The zero-order valence-corrected chi connectivity index (χ0v) is 22.9. The van der Waals surface area contributed by atoms with Gasteiger partial charge >= 0.3 is 13.8 Å². The van der Waals surface area contributed by atoms with Crippen molar-refractivity contribution >= 4 is 35.6 Å². The maximum absolute atomic E-state index is 13.1. The van der Waals surface area contributed by atoms with Crippen LogP contribution < -0.4 is 19.9 Å². The number of carboxylic acid groups (broad SMARTS) is 1. The summed E-state index contributed by atoms with van der Waals surface area (Å²) in [6.45, 7) is 0.279. The molecule has 13 nitrogen and oxygen atoms in total. The molecule has 2 unspecified atom stereocenters. The minimum absolute atomic E-state index is 0.137. The summed E-state index contributed by atoms with van der Waals surface area (Å²) in [5.41, 5.74) is 1.50. The number of aryl methyl sites for hydroxylation is 1. The Hall–Kier alpha value is -3.29. The maximum atomic E-state index is 13.1. The fourth-order valence-corrected chi connectivity index (χ4v) is 4.69. The second kappa shape index (κ2) is 14.8. The third-order valence-corrected chi connectivity index (χ3v) is 6.49. The van der Waals surface area contributed by atoms with Gasteiger partial charge in [0, 0.05) is 13.0 Å². The van der Waals surface area contributed by atoms with Gasteiger partial charge in [0.15, 0.2) is 0 Å². The van der Waals surface area contributed by atoms with Crippen LogP contribution in [0.3, 0.4) is 0 Å². The van der Waals surface area contributed by atoms with E-state index in [0.29, 0.717) is 18.4 Å². The third-order valence-electron chi connectivity index (χ3n) is 5.32. The third kappa shape index (κ3) is 13.4. The lowest BCUT2D eigenvalue weighted by Gasteiger charge is -2.22. The van der Waals surface area contributed by atoms with Crippen LogP contribution in [0, 0.1) is 0 Å². The molecule has 0 fully saturated rings. The van der Waals surface area contributed by atoms with Gasteiger partial charge in [-0.2, -0.15) is 0 Å². The average Bonchev–Trinajstić information content (AvgIpc) is 2.83. The van der Waals surface area contributed by atoms with Crippen molar-refractivity contribution in [3.8, 4) is 5.75 Å². The molecule has 0 radical (unpaired) electrons. The van der Waals surface area contributed by atoms with Crippen LogP contribution in [0.25, 0.3) is 0 Å². The number of phosphoric acid groups is 1. The first kappa shape index (κ1) is 31.9. The first-order chi connectivity index (χ1) is 18.2. The number of rotatable bonds is 16. The van der Waals surface area contributed by atoms with Crippen LogP contribution in [0.4, 0.5) is 0 Å². The normalized spacial score (nSPS) is 13.2. The van der Waals surface area contributed by atoms with Gasteiger partial charge in [0.1, 0.15) is 17.8 Å². The predicted octanol–water partition coefficient (Wildman–Crippen LogP) is 0.717. The molecular weight excluding hydrogens is 553 g/mol. The average molecular weight is 586 g/mol. The Morgan fingerprint density at radius 2 is 1.59 bits per heavy atom. The molecule has 2 atom stereocenters. The van der Waals surface area contributed by atoms with Gasteiger partial charge in [-0.1, -0.05) is 42.5 Å². The molecule has 0 aliphatic carbocycles. The number of carbonyl (C=O) groups excluding carboxylic acids is 2. The summed E-state index contributed by atoms with van der Waals surface area (Å²) in [6, 6.07) is 12.2. The van der Waals surface area contributed by atoms with Gasteiger partial charge in [-0.3, -0.25) is 24.2 Å². The van der Waals surface area contributed by atoms with Gasteiger partial charge in [-0.15, -0.1) is 0 Å². The number of phosphoric ester groups is 1. The first-order valence-corrected chi connectivity index (χ1v) is 15.3. The molecule has 6 N–H and O–H groups in total. The Morgan fingerprint density at radius 3 is 2.15 bits per heavy atom. The second-order valence-corrected chi connectivity index (χ2v) is 11.7. The van der Waals surface area contributed by atoms with E-state index in [4.69, 9.17) is 14.9 Å². The van der Waals surface area contributed by atoms with Crippen molar-refractivity contribution in [1.29, 1.82) is 0 Å². The Kier molecular flexibility index (Phi) is 12.1. The standard InChI is InChI=1S/C24H32N3O10PS/c1-39(35,36)27-21(16-18-9-11-19(12-10-18)37-38(32,33)34)24(31)26-20(13-14-22(28)29)23(30)25-15-5-8-17-6-3-2-4-7-17/h2-4,6-7,9-12,20-21,27H,5,8,13-16H2,1H3,(H,25,30)(H,26,31)(H,28,29)(H2,32,33,34). The van der Waals surface area contributed by atoms with Crippen molar-refractivity contribution in [2.75, 3.05) is 12.8 Å². The number of hydrogen-bond acceptors (Lipinski definition) is 7. The molecule has 0 bridgehead atoms. The molecule has 2 amide bonds. The van der Waals surface area contributed by atoms with E-state index < -0.39 is 54.1 Å². The molecule has 0 saturated carbocycles. The van der Waals surface area contributed by atoms with Crippen LogP contribution in [-0.4, -0.2) is 66.0 Å². The summed E-state index contributed by atoms with van der Waals surface area (Å²) < 4.78 is 41.5. The van der Waals surface area contributed by atoms with Crippen molar-refractivity contribution < 1.29 is 46.8 Å². The minimum Gasteiger partial charge on any atom is -0.481 e. The van der Waals surface area contributed by atoms with E-state index in [-0.39, 0.29) is 25.1 Å². The van der Waals surface area contributed by atoms with Crippen LogP contribution in [-0.2, 0) is 41.8 Å². The van der Waals surface area contributed by atoms with Crippen LogP contribution in [0.15, 0.2) is 54.6 Å². The van der Waals surface area contributed by atoms with Crippen LogP contribution in [0.5, 0.6) is 5.75 Å². The summed E-state index contributed by atoms with van der Waals surface area (Å²) >= 11 is 0. The van der Waals surface area contributed by atoms with E-state index in [1.165, 1.54) is 24.3 Å². The topological polar surface area (TPSA) is 208 Å². The zero-order chi connectivity index (χ0) is 29.1. The number of nitrogens with one attached hydrogen (secondary N) is 3. The van der Waals surface area contributed by atoms with E-state index in [9.17, 15) is 27.4 Å². The molecule has 2 aromatic carbocycles. The highest BCUT2D eigenvalue weighted by atomic mass is 32.2. The number of carbonyl (C=O) groups is 3. The Morgan fingerprint density at radius 1 is 0.949 bits per heavy atom. The molecule has 2 aromatic rings. The van der Waals surface area contributed by atoms with E-state index in [1.54, 1.807) is 0 Å². The molecule has 0 aromatic heterocycles. The number of hydrogen-bond donors (Lipinski definition) is 6. The summed E-state index contributed by atoms with van der Waals surface area (Å²) in [5.74, 6) is -2.77. The SMILES string of the molecule is CS(=O)(=O)NC(Cc1ccc(OP(=O)(O)O)cc1)C(=O)NC(CCC(=O)O)C(=O)NCCCc1ccccc1. The number of sulfonamides is 1. The molecule has 0 aliphatic heterocycles. The van der Waals surface area contributed by atoms with Crippen LogP contribution in [0.2, 0.25) is 0 Å². The zero-order valence-electron chi connectivity index (χ0n) is 21.1. The van der Waals surface area contributed by atoms with Crippen LogP contribution in [0.1, 0.15) is 30.4 Å². The monoisotopic (exact) mass is 585 g/mol. The van der Waals surface area contributed by atoms with Gasteiger partial charge in [-0.25, -0.2) is 17.7 Å². The highest BCUT2D eigenvalue weighted by Crippen LogP contribution is 2.37. The Balaban J connectivity index is 2.08. The van der Waals surface area contributed by atoms with Gasteiger partial charge in [0.2, 0.25) is 21.8 Å². The Bertz CT molecular complexity index is 1270. The smallest absolute Gasteiger partial charge is 0.481 e. The minimum atomic E-state index is -4.77. The molecule has 15 heteroatoms. The maximum Gasteiger partial charge on any atom is 0.524 e. The highest BCUT2D eigenvalue weighted by molar-refractivity contribution is 7.88. The van der Waals surface area contributed by atoms with Crippen LogP contribution >= 0.6 is 7.82 Å². The van der Waals surface area contributed by atoms with Crippen molar-refractivity contribution in [3.63, 3.8) is 0 Å². The molecule has 214 valence electrons. The molecule has 0 saturated heterocycles. The van der Waals surface area contributed by atoms with Gasteiger partial charge in [-0.05, 0) is 48.9 Å². The lowest BCUT2D eigenvalue weighted by molar-refractivity contribution is -0.138. The molecule has 0 spiro atoms. The molecule has 39 heavy (non-hydrogen) atoms. The summed E-state index contributed by atoms with van der Waals surface area (Å²) in [4.78, 5) is 54.8. The lowest BCUT2D eigenvalue weighted by atomic mass is 10.0. The molecule has 0 aliphatic rings. The number of benzene rings is 2. The van der Waals surface area contributed by atoms with Crippen molar-refractivity contribution in [3.05, 3.63) is 65.7 Å². The summed E-state index contributed by atoms with van der Waals surface area (Å²) in [5, 5.41) is 14.2. The Labute approximate surface area is 226 Å². The van der Waals surface area contributed by atoms with Crippen molar-refractivity contribution in [1.82, 2.24) is 15.4 Å². The van der Waals surface area contributed by atoms with Gasteiger partial charge < -0.3 is 20.3 Å². The van der Waals surface area contributed by atoms with Gasteiger partial charge in [0.05, 0.1) is 6.26 Å². The number of carboxylic acids is 1. The second-order valence-electron chi connectivity index (χ2n) is 8.75. The van der Waals surface area contributed by atoms with E-state index in [1.807, 2.05) is 30.3 Å². The van der Waals surface area contributed by atoms with E-state index >= 15 is 0 Å². The fraction of sp³-hybridized carbons (Fsp3) is 0.375. The lowest BCUT2D eigenvalue weighted by Crippen LogP contribution is -2.54. The van der Waals surface area contributed by atoms with Crippen molar-refractivity contribution in [2.24, 2.45) is 0 Å². The van der Waals surface area contributed by atoms with Crippen molar-refractivity contribution in [2.45, 2.75) is 44.2 Å². The summed E-state index contributed by atoms with van der Waals surface area (Å²) in [6.07, 6.45) is 1.35. The summed E-state index contributed by atoms with van der Waals surface area (Å²) in [7, 11) is -8.65.